The van der Waals surface area contributed by atoms with E-state index in [-0.39, 0.29) is 11.7 Å². The van der Waals surface area contributed by atoms with E-state index in [9.17, 15) is 9.18 Å². The number of nitrogens with one attached hydrogen (secondary N) is 1. The number of pyridine rings is 1. The zero-order valence-electron chi connectivity index (χ0n) is 14.8. The van der Waals surface area contributed by atoms with Gasteiger partial charge in [0, 0.05) is 22.7 Å². The van der Waals surface area contributed by atoms with Gasteiger partial charge in [0.05, 0.1) is 5.54 Å². The molecule has 1 aliphatic rings. The molecule has 0 radical (unpaired) electrons. The highest BCUT2D eigenvalue weighted by molar-refractivity contribution is 8.13. The number of hydrogen-bond donors (Lipinski definition) is 2. The Balaban J connectivity index is 1.93. The number of nitrogens with two attached hydrogens (primary N) is 1. The van der Waals surface area contributed by atoms with Gasteiger partial charge in [-0.1, -0.05) is 24.8 Å². The Morgan fingerprint density at radius 2 is 2.19 bits per heavy atom. The summed E-state index contributed by atoms with van der Waals surface area (Å²) in [5.74, 6) is 0.105. The van der Waals surface area contributed by atoms with E-state index in [2.05, 4.69) is 15.3 Å². The van der Waals surface area contributed by atoms with Crippen molar-refractivity contribution in [1.29, 1.82) is 0 Å². The first kappa shape index (κ1) is 18.4. The van der Waals surface area contributed by atoms with Gasteiger partial charge in [-0.25, -0.2) is 9.37 Å². The maximum Gasteiger partial charge on any atom is 0.274 e. The van der Waals surface area contributed by atoms with Crippen molar-refractivity contribution < 1.29 is 9.18 Å². The number of aromatic nitrogens is 1. The van der Waals surface area contributed by atoms with Crippen molar-refractivity contribution in [2.75, 3.05) is 11.1 Å². The number of aryl methyl sites for hydroxylation is 1. The van der Waals surface area contributed by atoms with E-state index in [1.807, 2.05) is 19.9 Å². The summed E-state index contributed by atoms with van der Waals surface area (Å²) >= 11 is 1.48. The minimum atomic E-state index is -0.693. The summed E-state index contributed by atoms with van der Waals surface area (Å²) in [4.78, 5) is 21.2. The summed E-state index contributed by atoms with van der Waals surface area (Å²) in [7, 11) is 0. The van der Waals surface area contributed by atoms with Crippen LogP contribution in [0.15, 0.2) is 41.4 Å². The highest BCUT2D eigenvalue weighted by Gasteiger charge is 2.35. The Bertz CT molecular complexity index is 870. The van der Waals surface area contributed by atoms with Crippen LogP contribution in [0.2, 0.25) is 0 Å². The largest absolute Gasteiger partial charge is 0.379 e. The maximum absolute atomic E-state index is 14.6. The molecular formula is C19H21FN4OS. The lowest BCUT2D eigenvalue weighted by Crippen LogP contribution is -2.32. The fraction of sp³-hybridized carbons (Fsp3) is 0.316. The van der Waals surface area contributed by atoms with E-state index in [0.717, 1.165) is 11.4 Å². The van der Waals surface area contributed by atoms with Crippen molar-refractivity contribution in [1.82, 2.24) is 4.98 Å². The first-order valence-electron chi connectivity index (χ1n) is 8.47. The zero-order valence-corrected chi connectivity index (χ0v) is 15.6. The van der Waals surface area contributed by atoms with Crippen molar-refractivity contribution in [2.24, 2.45) is 10.7 Å². The van der Waals surface area contributed by atoms with E-state index in [0.29, 0.717) is 35.0 Å². The lowest BCUT2D eigenvalue weighted by Gasteiger charge is -2.33. The number of carbonyl (C=O) groups is 1. The van der Waals surface area contributed by atoms with E-state index < -0.39 is 5.54 Å². The summed E-state index contributed by atoms with van der Waals surface area (Å²) in [5, 5.41) is 3.26. The second-order valence-electron chi connectivity index (χ2n) is 6.25. The van der Waals surface area contributed by atoms with Gasteiger partial charge in [0.15, 0.2) is 5.17 Å². The minimum Gasteiger partial charge on any atom is -0.379 e. The number of nitrogens with zero attached hydrogens (tertiary/aromatic N) is 2. The predicted molar refractivity (Wildman–Crippen MR) is 104 cm³/mol. The van der Waals surface area contributed by atoms with E-state index in [1.165, 1.54) is 17.8 Å². The van der Waals surface area contributed by atoms with Gasteiger partial charge in [0.1, 0.15) is 11.5 Å². The van der Waals surface area contributed by atoms with Crippen molar-refractivity contribution in [2.45, 2.75) is 32.2 Å². The van der Waals surface area contributed by atoms with Gasteiger partial charge < -0.3 is 11.1 Å². The van der Waals surface area contributed by atoms with E-state index >= 15 is 0 Å². The molecule has 136 valence electrons. The SMILES string of the molecule is CC[C@@]1(c2cc(NC(=O)c3cccc(C)n3)ccc2F)CCSC(N)=N1. The molecule has 26 heavy (non-hydrogen) atoms. The predicted octanol–water partition coefficient (Wildman–Crippen LogP) is 3.84. The molecule has 3 N–H and O–H groups in total. The van der Waals surface area contributed by atoms with Crippen LogP contribution in [0.1, 0.15) is 41.5 Å². The molecule has 5 nitrogen and oxygen atoms in total. The number of anilines is 1. The van der Waals surface area contributed by atoms with Crippen LogP contribution in [0.25, 0.3) is 0 Å². The Morgan fingerprint density at radius 3 is 2.88 bits per heavy atom. The van der Waals surface area contributed by atoms with Crippen molar-refractivity contribution in [3.8, 4) is 0 Å². The van der Waals surface area contributed by atoms with Gasteiger partial charge in [-0.3, -0.25) is 9.79 Å². The second-order valence-corrected chi connectivity index (χ2v) is 7.36. The summed E-state index contributed by atoms with van der Waals surface area (Å²) < 4.78 is 14.6. The van der Waals surface area contributed by atoms with Crippen LogP contribution in [-0.2, 0) is 5.54 Å². The summed E-state index contributed by atoms with van der Waals surface area (Å²) in [6, 6.07) is 9.79. The van der Waals surface area contributed by atoms with Gasteiger partial charge >= 0.3 is 0 Å². The molecule has 0 aliphatic carbocycles. The van der Waals surface area contributed by atoms with Crippen LogP contribution in [0.3, 0.4) is 0 Å². The lowest BCUT2D eigenvalue weighted by molar-refractivity contribution is 0.102. The number of amidine groups is 1. The Hall–Kier alpha value is -2.41. The monoisotopic (exact) mass is 372 g/mol. The van der Waals surface area contributed by atoms with Gasteiger partial charge in [0.2, 0.25) is 0 Å². The van der Waals surface area contributed by atoms with Crippen LogP contribution in [-0.4, -0.2) is 21.8 Å². The molecular weight excluding hydrogens is 351 g/mol. The highest BCUT2D eigenvalue weighted by atomic mass is 32.2. The molecule has 1 aromatic carbocycles. The number of aliphatic imine (C=N–C) groups is 1. The summed E-state index contributed by atoms with van der Waals surface area (Å²) in [5.41, 5.74) is 7.24. The summed E-state index contributed by atoms with van der Waals surface area (Å²) in [6.07, 6.45) is 1.32. The molecule has 0 saturated heterocycles. The Morgan fingerprint density at radius 1 is 1.38 bits per heavy atom. The smallest absolute Gasteiger partial charge is 0.274 e. The van der Waals surface area contributed by atoms with Gasteiger partial charge in [-0.05, 0) is 50.1 Å². The number of benzene rings is 1. The molecule has 0 saturated carbocycles. The standard InChI is InChI=1S/C19H21FN4OS/c1-3-19(9-10-26-18(21)24-19)14-11-13(7-8-15(14)20)23-17(25)16-6-4-5-12(2)22-16/h4-8,11H,3,9-10H2,1-2H3,(H2,21,24)(H,23,25)/t19-/m0/s1. The van der Waals surface area contributed by atoms with Crippen LogP contribution in [0, 0.1) is 12.7 Å². The molecule has 1 aliphatic heterocycles. The van der Waals surface area contributed by atoms with Gasteiger partial charge in [0.25, 0.3) is 5.91 Å². The Labute approximate surface area is 156 Å². The number of thioether (sulfide) groups is 1. The average Bonchev–Trinajstić information content (AvgIpc) is 2.63. The minimum absolute atomic E-state index is 0.317. The number of hydrogen-bond acceptors (Lipinski definition) is 5. The molecule has 2 heterocycles. The molecule has 1 aromatic heterocycles. The van der Waals surface area contributed by atoms with Crippen molar-refractivity contribution >= 4 is 28.5 Å². The van der Waals surface area contributed by atoms with Crippen molar-refractivity contribution in [3.05, 3.63) is 59.2 Å². The molecule has 1 amide bonds. The molecule has 7 heteroatoms. The average molecular weight is 372 g/mol. The zero-order chi connectivity index (χ0) is 18.7. The van der Waals surface area contributed by atoms with Crippen LogP contribution >= 0.6 is 11.8 Å². The van der Waals surface area contributed by atoms with Gasteiger partial charge in [-0.15, -0.1) is 0 Å². The molecule has 0 bridgehead atoms. The second kappa shape index (κ2) is 7.45. The third kappa shape index (κ3) is 3.72. The third-order valence-corrected chi connectivity index (χ3v) is 5.32. The van der Waals surface area contributed by atoms with E-state index in [4.69, 9.17) is 5.73 Å². The van der Waals surface area contributed by atoms with Crippen LogP contribution in [0.4, 0.5) is 10.1 Å². The van der Waals surface area contributed by atoms with Crippen molar-refractivity contribution in [3.63, 3.8) is 0 Å². The molecule has 2 aromatic rings. The highest BCUT2D eigenvalue weighted by Crippen LogP contribution is 2.40. The molecule has 0 unspecified atom stereocenters. The fourth-order valence-electron chi connectivity index (χ4n) is 3.09. The maximum atomic E-state index is 14.6. The number of amides is 1. The molecule has 0 spiro atoms. The van der Waals surface area contributed by atoms with Crippen LogP contribution < -0.4 is 11.1 Å². The summed E-state index contributed by atoms with van der Waals surface area (Å²) in [6.45, 7) is 3.79. The Kier molecular flexibility index (Phi) is 5.27. The first-order chi connectivity index (χ1) is 12.4. The quantitative estimate of drug-likeness (QED) is 0.854. The third-order valence-electron chi connectivity index (χ3n) is 4.52. The molecule has 0 fully saturated rings. The topological polar surface area (TPSA) is 80.4 Å². The molecule has 3 rings (SSSR count). The number of halogens is 1. The van der Waals surface area contributed by atoms with E-state index in [1.54, 1.807) is 24.3 Å². The van der Waals surface area contributed by atoms with Gasteiger partial charge in [-0.2, -0.15) is 0 Å². The molecule has 1 atom stereocenters. The first-order valence-corrected chi connectivity index (χ1v) is 9.45. The lowest BCUT2D eigenvalue weighted by atomic mass is 9.84. The number of rotatable bonds is 4. The number of carbonyl (C=O) groups excluding carboxylic acids is 1. The normalized spacial score (nSPS) is 19.7. The van der Waals surface area contributed by atoms with Crippen LogP contribution in [0.5, 0.6) is 0 Å². The fourth-order valence-corrected chi connectivity index (χ4v) is 3.98.